The van der Waals surface area contributed by atoms with Gasteiger partial charge in [-0.2, -0.15) is 5.26 Å². The van der Waals surface area contributed by atoms with Crippen molar-refractivity contribution in [1.29, 1.82) is 5.26 Å². The fourth-order valence-electron chi connectivity index (χ4n) is 1.46. The maximum atomic E-state index is 9.01. The maximum Gasteiger partial charge on any atom is 0.103 e. The zero-order chi connectivity index (χ0) is 11.3. The Bertz CT molecular complexity index is 368. The fourth-order valence-corrected chi connectivity index (χ4v) is 1.67. The van der Waals surface area contributed by atoms with Crippen LogP contribution in [0, 0.1) is 11.3 Å². The van der Waals surface area contributed by atoms with Crippen LogP contribution < -0.4 is 4.90 Å². The summed E-state index contributed by atoms with van der Waals surface area (Å²) in [6.45, 7) is 3.10. The molecule has 80 valence electrons. The van der Waals surface area contributed by atoms with Gasteiger partial charge in [0.05, 0.1) is 16.3 Å². The molecule has 0 heterocycles. The molecular weight excluding hydrogens is 208 g/mol. The van der Waals surface area contributed by atoms with Crippen molar-refractivity contribution in [2.24, 2.45) is 0 Å². The summed E-state index contributed by atoms with van der Waals surface area (Å²) in [4.78, 5) is 2.08. The fraction of sp³-hybridized carbons (Fsp3) is 0.417. The molecule has 0 aliphatic rings. The molecule has 0 aliphatic carbocycles. The number of hydrogen-bond acceptors (Lipinski definition) is 2. The minimum absolute atomic E-state index is 0.526. The van der Waals surface area contributed by atoms with Gasteiger partial charge in [0.25, 0.3) is 0 Å². The van der Waals surface area contributed by atoms with E-state index >= 15 is 0 Å². The van der Waals surface area contributed by atoms with Gasteiger partial charge in [0.15, 0.2) is 0 Å². The summed E-state index contributed by atoms with van der Waals surface area (Å²) in [5.74, 6) is 0. The van der Waals surface area contributed by atoms with Crippen LogP contribution in [0.15, 0.2) is 18.2 Å². The van der Waals surface area contributed by atoms with Gasteiger partial charge in [-0.1, -0.05) is 31.0 Å². The van der Waals surface area contributed by atoms with E-state index in [2.05, 4.69) is 17.9 Å². The van der Waals surface area contributed by atoms with Gasteiger partial charge in [0.2, 0.25) is 0 Å². The summed E-state index contributed by atoms with van der Waals surface area (Å²) in [5, 5.41) is 9.54. The van der Waals surface area contributed by atoms with Gasteiger partial charge in [-0.25, -0.2) is 0 Å². The number of rotatable bonds is 4. The maximum absolute atomic E-state index is 9.01. The van der Waals surface area contributed by atoms with Crippen LogP contribution in [0.4, 0.5) is 5.69 Å². The van der Waals surface area contributed by atoms with E-state index in [4.69, 9.17) is 16.9 Å². The summed E-state index contributed by atoms with van der Waals surface area (Å²) in [5.41, 5.74) is 1.48. The molecule has 1 aromatic carbocycles. The van der Waals surface area contributed by atoms with Crippen LogP contribution >= 0.6 is 11.6 Å². The Morgan fingerprint density at radius 3 is 2.80 bits per heavy atom. The van der Waals surface area contributed by atoms with Crippen LogP contribution in [0.1, 0.15) is 25.3 Å². The lowest BCUT2D eigenvalue weighted by Crippen LogP contribution is -2.19. The molecule has 0 saturated heterocycles. The van der Waals surface area contributed by atoms with E-state index in [1.807, 2.05) is 19.2 Å². The van der Waals surface area contributed by atoms with Gasteiger partial charge in [-0.05, 0) is 18.6 Å². The van der Waals surface area contributed by atoms with E-state index in [1.54, 1.807) is 6.07 Å². The molecule has 0 N–H and O–H groups in total. The number of unbranched alkanes of at least 4 members (excludes halogenated alkanes) is 1. The summed E-state index contributed by atoms with van der Waals surface area (Å²) in [6.07, 6.45) is 2.26. The summed E-state index contributed by atoms with van der Waals surface area (Å²) in [7, 11) is 1.99. The number of halogens is 1. The molecular formula is C12H15ClN2. The average Bonchev–Trinajstić information content (AvgIpc) is 2.25. The van der Waals surface area contributed by atoms with Crippen LogP contribution in [0.3, 0.4) is 0 Å². The van der Waals surface area contributed by atoms with Crippen LogP contribution in [0.5, 0.6) is 0 Å². The molecule has 0 fully saturated rings. The van der Waals surface area contributed by atoms with Gasteiger partial charge in [0.1, 0.15) is 6.07 Å². The highest BCUT2D eigenvalue weighted by atomic mass is 35.5. The van der Waals surface area contributed by atoms with Crippen LogP contribution in [0.25, 0.3) is 0 Å². The van der Waals surface area contributed by atoms with E-state index in [9.17, 15) is 0 Å². The molecule has 0 saturated carbocycles. The predicted molar refractivity (Wildman–Crippen MR) is 64.3 cm³/mol. The molecule has 1 aromatic rings. The van der Waals surface area contributed by atoms with Gasteiger partial charge >= 0.3 is 0 Å². The van der Waals surface area contributed by atoms with Gasteiger partial charge in [-0.15, -0.1) is 0 Å². The minimum atomic E-state index is 0.526. The standard InChI is InChI=1S/C12H15ClN2/c1-3-4-8-15(2)12-7-5-6-11(13)10(12)9-14/h5-7H,3-4,8H2,1-2H3. The minimum Gasteiger partial charge on any atom is -0.373 e. The molecule has 0 aromatic heterocycles. The number of benzene rings is 1. The first-order valence-electron chi connectivity index (χ1n) is 5.10. The number of anilines is 1. The number of hydrogen-bond donors (Lipinski definition) is 0. The van der Waals surface area contributed by atoms with Crippen molar-refractivity contribution >= 4 is 17.3 Å². The van der Waals surface area contributed by atoms with Crippen molar-refractivity contribution < 1.29 is 0 Å². The first kappa shape index (κ1) is 11.9. The highest BCUT2D eigenvalue weighted by Crippen LogP contribution is 2.25. The largest absolute Gasteiger partial charge is 0.373 e. The second kappa shape index (κ2) is 5.63. The normalized spacial score (nSPS) is 9.73. The van der Waals surface area contributed by atoms with E-state index in [1.165, 1.54) is 0 Å². The van der Waals surface area contributed by atoms with Crippen LogP contribution in [-0.2, 0) is 0 Å². The Kier molecular flexibility index (Phi) is 4.45. The average molecular weight is 223 g/mol. The molecule has 0 radical (unpaired) electrons. The monoisotopic (exact) mass is 222 g/mol. The molecule has 0 atom stereocenters. The Morgan fingerprint density at radius 1 is 1.47 bits per heavy atom. The van der Waals surface area contributed by atoms with Gasteiger partial charge in [-0.3, -0.25) is 0 Å². The highest BCUT2D eigenvalue weighted by Gasteiger charge is 2.09. The van der Waals surface area contributed by atoms with E-state index < -0.39 is 0 Å². The van der Waals surface area contributed by atoms with Crippen LogP contribution in [-0.4, -0.2) is 13.6 Å². The molecule has 0 bridgehead atoms. The van der Waals surface area contributed by atoms with Crippen molar-refractivity contribution in [1.82, 2.24) is 0 Å². The Morgan fingerprint density at radius 2 is 2.20 bits per heavy atom. The molecule has 0 amide bonds. The topological polar surface area (TPSA) is 27.0 Å². The first-order valence-corrected chi connectivity index (χ1v) is 5.48. The lowest BCUT2D eigenvalue weighted by atomic mass is 10.1. The van der Waals surface area contributed by atoms with Crippen molar-refractivity contribution in [3.8, 4) is 6.07 Å². The third kappa shape index (κ3) is 2.87. The van der Waals surface area contributed by atoms with Crippen molar-refractivity contribution in [2.45, 2.75) is 19.8 Å². The van der Waals surface area contributed by atoms with Gasteiger partial charge in [0, 0.05) is 13.6 Å². The van der Waals surface area contributed by atoms with E-state index in [-0.39, 0.29) is 0 Å². The Labute approximate surface area is 96.1 Å². The molecule has 0 aliphatic heterocycles. The van der Waals surface area contributed by atoms with Crippen molar-refractivity contribution in [2.75, 3.05) is 18.5 Å². The zero-order valence-electron chi connectivity index (χ0n) is 9.13. The summed E-state index contributed by atoms with van der Waals surface area (Å²) in [6, 6.07) is 7.70. The SMILES string of the molecule is CCCCN(C)c1cccc(Cl)c1C#N. The number of nitrogens with zero attached hydrogens (tertiary/aromatic N) is 2. The molecule has 15 heavy (non-hydrogen) atoms. The molecule has 0 unspecified atom stereocenters. The van der Waals surface area contributed by atoms with E-state index in [0.717, 1.165) is 25.1 Å². The third-order valence-electron chi connectivity index (χ3n) is 2.36. The second-order valence-corrected chi connectivity index (χ2v) is 3.93. The molecule has 1 rings (SSSR count). The second-order valence-electron chi connectivity index (χ2n) is 3.52. The first-order chi connectivity index (χ1) is 7.20. The lowest BCUT2D eigenvalue weighted by molar-refractivity contribution is 0.766. The third-order valence-corrected chi connectivity index (χ3v) is 2.68. The number of nitriles is 1. The van der Waals surface area contributed by atoms with Crippen LogP contribution in [0.2, 0.25) is 5.02 Å². The highest BCUT2D eigenvalue weighted by molar-refractivity contribution is 6.32. The molecule has 2 nitrogen and oxygen atoms in total. The smallest absolute Gasteiger partial charge is 0.103 e. The Hall–Kier alpha value is -1.20. The van der Waals surface area contributed by atoms with E-state index in [0.29, 0.717) is 10.6 Å². The Balaban J connectivity index is 2.93. The molecule has 0 spiro atoms. The zero-order valence-corrected chi connectivity index (χ0v) is 9.88. The summed E-state index contributed by atoms with van der Waals surface area (Å²) < 4.78 is 0. The molecule has 3 heteroatoms. The summed E-state index contributed by atoms with van der Waals surface area (Å²) >= 11 is 5.96. The quantitative estimate of drug-likeness (QED) is 0.780. The van der Waals surface area contributed by atoms with Crippen molar-refractivity contribution in [3.63, 3.8) is 0 Å². The van der Waals surface area contributed by atoms with Crippen molar-refractivity contribution in [3.05, 3.63) is 28.8 Å². The predicted octanol–water partition coefficient (Wildman–Crippen LogP) is 3.45. The lowest BCUT2D eigenvalue weighted by Gasteiger charge is -2.20. The van der Waals surface area contributed by atoms with Gasteiger partial charge < -0.3 is 4.90 Å².